The molecular formula is C26H24N4O4. The topological polar surface area (TPSA) is 108 Å². The lowest BCUT2D eigenvalue weighted by molar-refractivity contribution is -0.133. The monoisotopic (exact) mass is 456 g/mol. The van der Waals surface area contributed by atoms with Gasteiger partial charge >= 0.3 is 6.03 Å². The summed E-state index contributed by atoms with van der Waals surface area (Å²) in [7, 11) is 0. The molecule has 1 heterocycles. The molecule has 0 aromatic heterocycles. The van der Waals surface area contributed by atoms with Crippen LogP contribution in [0, 0.1) is 0 Å². The van der Waals surface area contributed by atoms with Crippen molar-refractivity contribution in [1.82, 2.24) is 15.5 Å². The van der Waals surface area contributed by atoms with E-state index in [4.69, 9.17) is 0 Å². The Balaban J connectivity index is 1.51. The first-order chi connectivity index (χ1) is 16.3. The van der Waals surface area contributed by atoms with Gasteiger partial charge in [-0.25, -0.2) is 4.79 Å². The van der Waals surface area contributed by atoms with Crippen molar-refractivity contribution in [1.29, 1.82) is 0 Å². The van der Waals surface area contributed by atoms with Gasteiger partial charge in [-0.2, -0.15) is 0 Å². The van der Waals surface area contributed by atoms with E-state index in [0.717, 1.165) is 15.7 Å². The largest absolute Gasteiger partial charge is 0.349 e. The maximum absolute atomic E-state index is 13.2. The molecule has 3 N–H and O–H groups in total. The first-order valence-electron chi connectivity index (χ1n) is 10.7. The van der Waals surface area contributed by atoms with Gasteiger partial charge in [0.2, 0.25) is 5.91 Å². The van der Waals surface area contributed by atoms with E-state index in [0.29, 0.717) is 5.56 Å². The van der Waals surface area contributed by atoms with Gasteiger partial charge in [-0.05, 0) is 41.5 Å². The number of urea groups is 1. The van der Waals surface area contributed by atoms with E-state index < -0.39 is 29.9 Å². The second kappa shape index (κ2) is 9.19. The molecule has 0 spiro atoms. The number of benzene rings is 3. The van der Waals surface area contributed by atoms with Crippen LogP contribution in [-0.4, -0.2) is 41.7 Å². The van der Waals surface area contributed by atoms with Gasteiger partial charge in [0, 0.05) is 6.54 Å². The van der Waals surface area contributed by atoms with Crippen molar-refractivity contribution in [2.45, 2.75) is 12.5 Å². The second-order valence-corrected chi connectivity index (χ2v) is 8.10. The summed E-state index contributed by atoms with van der Waals surface area (Å²) in [5.74, 6) is -1.51. The molecule has 1 saturated heterocycles. The van der Waals surface area contributed by atoms with E-state index in [1.807, 2.05) is 36.4 Å². The standard InChI is InChI=1S/C26H24N4O4/c1-3-14-27-23(32)20-10-6-7-11-21(20)28-22(31)16-30-24(33)26(2,29-25(30)34)19-13-12-17-8-4-5-9-18(17)15-19/h3-13,15H,1,14,16H2,2H3,(H,27,32)(H,28,31)(H,29,34). The van der Waals surface area contributed by atoms with Crippen LogP contribution in [-0.2, 0) is 15.1 Å². The summed E-state index contributed by atoms with van der Waals surface area (Å²) < 4.78 is 0. The summed E-state index contributed by atoms with van der Waals surface area (Å²) in [5, 5.41) is 9.95. The van der Waals surface area contributed by atoms with Gasteiger partial charge < -0.3 is 16.0 Å². The van der Waals surface area contributed by atoms with Crippen molar-refractivity contribution in [2.75, 3.05) is 18.4 Å². The summed E-state index contributed by atoms with van der Waals surface area (Å²) in [4.78, 5) is 51.9. The Morgan fingerprint density at radius 3 is 2.50 bits per heavy atom. The lowest BCUT2D eigenvalue weighted by Crippen LogP contribution is -2.42. The highest BCUT2D eigenvalue weighted by atomic mass is 16.2. The molecule has 172 valence electrons. The van der Waals surface area contributed by atoms with Gasteiger partial charge in [-0.3, -0.25) is 19.3 Å². The zero-order chi connectivity index (χ0) is 24.3. The number of nitrogens with one attached hydrogen (secondary N) is 3. The Labute approximate surface area is 196 Å². The number of carbonyl (C=O) groups excluding carboxylic acids is 4. The maximum Gasteiger partial charge on any atom is 0.325 e. The third kappa shape index (κ3) is 4.25. The van der Waals surface area contributed by atoms with E-state index in [-0.39, 0.29) is 23.7 Å². The molecule has 3 aromatic rings. The quantitative estimate of drug-likeness (QED) is 0.375. The Morgan fingerprint density at radius 2 is 1.74 bits per heavy atom. The van der Waals surface area contributed by atoms with Crippen molar-refractivity contribution < 1.29 is 19.2 Å². The van der Waals surface area contributed by atoms with Crippen molar-refractivity contribution in [3.63, 3.8) is 0 Å². The van der Waals surface area contributed by atoms with Crippen LogP contribution in [0.15, 0.2) is 79.4 Å². The number of para-hydroxylation sites is 1. The molecule has 0 saturated carbocycles. The molecule has 1 unspecified atom stereocenters. The van der Waals surface area contributed by atoms with Gasteiger partial charge in [0.25, 0.3) is 11.8 Å². The predicted octanol–water partition coefficient (Wildman–Crippen LogP) is 3.16. The SMILES string of the molecule is C=CCNC(=O)c1ccccc1NC(=O)CN1C(=O)NC(C)(c2ccc3ccccc3c2)C1=O. The predicted molar refractivity (Wildman–Crippen MR) is 129 cm³/mol. The fourth-order valence-corrected chi connectivity index (χ4v) is 3.92. The summed E-state index contributed by atoms with van der Waals surface area (Å²) in [6, 6.07) is 19.1. The number of anilines is 1. The summed E-state index contributed by atoms with van der Waals surface area (Å²) in [6.45, 7) is 4.96. The van der Waals surface area contributed by atoms with Gasteiger partial charge in [0.15, 0.2) is 0 Å². The Morgan fingerprint density at radius 1 is 1.03 bits per heavy atom. The number of fused-ring (bicyclic) bond motifs is 1. The average molecular weight is 457 g/mol. The first-order valence-corrected chi connectivity index (χ1v) is 10.7. The third-order valence-electron chi connectivity index (χ3n) is 5.76. The molecule has 0 aliphatic carbocycles. The number of imide groups is 1. The molecule has 4 rings (SSSR count). The zero-order valence-electron chi connectivity index (χ0n) is 18.6. The third-order valence-corrected chi connectivity index (χ3v) is 5.76. The number of nitrogens with zero attached hydrogens (tertiary/aromatic N) is 1. The number of amides is 5. The molecule has 0 bridgehead atoms. The minimum absolute atomic E-state index is 0.260. The van der Waals surface area contributed by atoms with Crippen molar-refractivity contribution in [2.24, 2.45) is 0 Å². The van der Waals surface area contributed by atoms with Crippen molar-refractivity contribution in [3.05, 3.63) is 90.5 Å². The second-order valence-electron chi connectivity index (χ2n) is 8.10. The molecule has 5 amide bonds. The van der Waals surface area contributed by atoms with Crippen LogP contribution < -0.4 is 16.0 Å². The molecular weight excluding hydrogens is 432 g/mol. The highest BCUT2D eigenvalue weighted by Gasteiger charge is 2.49. The highest BCUT2D eigenvalue weighted by Crippen LogP contribution is 2.31. The molecule has 1 aliphatic heterocycles. The van der Waals surface area contributed by atoms with Crippen molar-refractivity contribution >= 4 is 40.2 Å². The molecule has 3 aromatic carbocycles. The average Bonchev–Trinajstić information content (AvgIpc) is 3.06. The van der Waals surface area contributed by atoms with Crippen LogP contribution in [0.4, 0.5) is 10.5 Å². The van der Waals surface area contributed by atoms with Crippen LogP contribution in [0.25, 0.3) is 10.8 Å². The smallest absolute Gasteiger partial charge is 0.325 e. The minimum atomic E-state index is -1.30. The highest BCUT2D eigenvalue weighted by molar-refractivity contribution is 6.11. The molecule has 34 heavy (non-hydrogen) atoms. The number of hydrogen-bond acceptors (Lipinski definition) is 4. The summed E-state index contributed by atoms with van der Waals surface area (Å²) in [6.07, 6.45) is 1.54. The fraction of sp³-hybridized carbons (Fsp3) is 0.154. The molecule has 0 radical (unpaired) electrons. The molecule has 1 atom stereocenters. The summed E-state index contributed by atoms with van der Waals surface area (Å²) in [5.41, 5.74) is -0.143. The normalized spacial score (nSPS) is 17.4. The molecule has 8 nitrogen and oxygen atoms in total. The van der Waals surface area contributed by atoms with E-state index in [9.17, 15) is 19.2 Å². The van der Waals surface area contributed by atoms with Crippen LogP contribution in [0.3, 0.4) is 0 Å². The fourth-order valence-electron chi connectivity index (χ4n) is 3.92. The van der Waals surface area contributed by atoms with Crippen LogP contribution >= 0.6 is 0 Å². The molecule has 1 fully saturated rings. The van der Waals surface area contributed by atoms with Crippen LogP contribution in [0.1, 0.15) is 22.8 Å². The van der Waals surface area contributed by atoms with Gasteiger partial charge in [-0.1, -0.05) is 54.6 Å². The van der Waals surface area contributed by atoms with Gasteiger partial charge in [-0.15, -0.1) is 6.58 Å². The zero-order valence-corrected chi connectivity index (χ0v) is 18.6. The first kappa shape index (κ1) is 22.7. The van der Waals surface area contributed by atoms with Gasteiger partial charge in [0.1, 0.15) is 12.1 Å². The lowest BCUT2D eigenvalue weighted by Gasteiger charge is -2.22. The minimum Gasteiger partial charge on any atom is -0.349 e. The summed E-state index contributed by atoms with van der Waals surface area (Å²) >= 11 is 0. The van der Waals surface area contributed by atoms with Crippen LogP contribution in [0.5, 0.6) is 0 Å². The number of hydrogen-bond donors (Lipinski definition) is 3. The lowest BCUT2D eigenvalue weighted by atomic mass is 9.90. The Hall–Kier alpha value is -4.46. The Kier molecular flexibility index (Phi) is 6.14. The molecule has 1 aliphatic rings. The van der Waals surface area contributed by atoms with E-state index in [2.05, 4.69) is 22.5 Å². The number of rotatable bonds is 7. The Bertz CT molecular complexity index is 1320. The van der Waals surface area contributed by atoms with E-state index in [1.165, 1.54) is 0 Å². The van der Waals surface area contributed by atoms with E-state index in [1.54, 1.807) is 43.3 Å². The van der Waals surface area contributed by atoms with Crippen molar-refractivity contribution in [3.8, 4) is 0 Å². The van der Waals surface area contributed by atoms with E-state index >= 15 is 0 Å². The van der Waals surface area contributed by atoms with Gasteiger partial charge in [0.05, 0.1) is 11.3 Å². The molecule has 8 heteroatoms. The number of carbonyl (C=O) groups is 4. The van der Waals surface area contributed by atoms with Crippen LogP contribution in [0.2, 0.25) is 0 Å². The maximum atomic E-state index is 13.2.